The summed E-state index contributed by atoms with van der Waals surface area (Å²) in [5.74, 6) is 2.35. The third-order valence-corrected chi connectivity index (χ3v) is 3.44. The van der Waals surface area contributed by atoms with Gasteiger partial charge in [0.25, 0.3) is 0 Å². The van der Waals surface area contributed by atoms with Crippen molar-refractivity contribution in [2.45, 2.75) is 6.54 Å². The summed E-state index contributed by atoms with van der Waals surface area (Å²) in [6.45, 7) is 1.33. The molecule has 5 heteroatoms. The van der Waals surface area contributed by atoms with Gasteiger partial charge in [0.1, 0.15) is 30.5 Å². The lowest BCUT2D eigenvalue weighted by Crippen LogP contribution is -2.11. The molecule has 112 valence electrons. The molecule has 0 aliphatic rings. The Kier molecular flexibility index (Phi) is 5.90. The average Bonchev–Trinajstić information content (AvgIpc) is 2.53. The number of benzene rings is 2. The molecule has 21 heavy (non-hydrogen) atoms. The molecule has 2 N–H and O–H groups in total. The van der Waals surface area contributed by atoms with E-state index >= 15 is 0 Å². The first-order valence-corrected chi connectivity index (χ1v) is 7.40. The molecule has 0 aliphatic heterocycles. The maximum absolute atomic E-state index is 5.71. The van der Waals surface area contributed by atoms with Gasteiger partial charge in [-0.05, 0) is 42.5 Å². The van der Waals surface area contributed by atoms with Gasteiger partial charge in [-0.1, -0.05) is 15.9 Å². The van der Waals surface area contributed by atoms with E-state index in [-0.39, 0.29) is 0 Å². The highest BCUT2D eigenvalue weighted by atomic mass is 79.9. The molecule has 0 atom stereocenters. The molecule has 0 fully saturated rings. The smallest absolute Gasteiger partial charge is 0.124 e. The van der Waals surface area contributed by atoms with Crippen LogP contribution >= 0.6 is 15.9 Å². The van der Waals surface area contributed by atoms with Crippen LogP contribution in [0.3, 0.4) is 0 Å². The summed E-state index contributed by atoms with van der Waals surface area (Å²) in [4.78, 5) is 0. The van der Waals surface area contributed by atoms with Crippen molar-refractivity contribution < 1.29 is 14.2 Å². The number of ether oxygens (including phenoxy) is 3. The second kappa shape index (κ2) is 7.90. The SMILES string of the molecule is COc1ccc(OCCOc2ccc(Br)cc2)c(CN)c1. The summed E-state index contributed by atoms with van der Waals surface area (Å²) < 4.78 is 17.5. The van der Waals surface area contributed by atoms with Gasteiger partial charge in [0.05, 0.1) is 7.11 Å². The number of rotatable bonds is 7. The van der Waals surface area contributed by atoms with Crippen molar-refractivity contribution >= 4 is 15.9 Å². The van der Waals surface area contributed by atoms with Crippen LogP contribution in [-0.2, 0) is 6.54 Å². The van der Waals surface area contributed by atoms with Crippen LogP contribution in [0.25, 0.3) is 0 Å². The second-order valence-electron chi connectivity index (χ2n) is 4.33. The lowest BCUT2D eigenvalue weighted by Gasteiger charge is -2.12. The fraction of sp³-hybridized carbons (Fsp3) is 0.250. The van der Waals surface area contributed by atoms with Gasteiger partial charge < -0.3 is 19.9 Å². The van der Waals surface area contributed by atoms with Crippen LogP contribution < -0.4 is 19.9 Å². The van der Waals surface area contributed by atoms with Crippen molar-refractivity contribution in [3.8, 4) is 17.2 Å². The van der Waals surface area contributed by atoms with Gasteiger partial charge in [0, 0.05) is 16.6 Å². The Balaban J connectivity index is 1.84. The third kappa shape index (κ3) is 4.65. The monoisotopic (exact) mass is 351 g/mol. The summed E-state index contributed by atoms with van der Waals surface area (Å²) in [5.41, 5.74) is 6.63. The molecule has 4 nitrogen and oxygen atoms in total. The lowest BCUT2D eigenvalue weighted by atomic mass is 10.2. The highest BCUT2D eigenvalue weighted by Gasteiger charge is 2.04. The standard InChI is InChI=1S/C16H18BrNO3/c1-19-15-6-7-16(12(10-15)11-18)21-9-8-20-14-4-2-13(17)3-5-14/h2-7,10H,8-9,11,18H2,1H3. The number of halogens is 1. The van der Waals surface area contributed by atoms with Crippen LogP contribution in [0.2, 0.25) is 0 Å². The van der Waals surface area contributed by atoms with Crippen molar-refractivity contribution in [2.75, 3.05) is 20.3 Å². The zero-order valence-corrected chi connectivity index (χ0v) is 13.4. The van der Waals surface area contributed by atoms with E-state index in [4.69, 9.17) is 19.9 Å². The average molecular weight is 352 g/mol. The molecule has 0 aliphatic carbocycles. The maximum Gasteiger partial charge on any atom is 0.124 e. The molecule has 2 aromatic rings. The first kappa shape index (κ1) is 15.7. The summed E-state index contributed by atoms with van der Waals surface area (Å²) in [6.07, 6.45) is 0. The summed E-state index contributed by atoms with van der Waals surface area (Å²) >= 11 is 3.38. The fourth-order valence-corrected chi connectivity index (χ4v) is 2.09. The zero-order chi connectivity index (χ0) is 15.1. The molecule has 0 unspecified atom stereocenters. The van der Waals surface area contributed by atoms with E-state index in [1.165, 1.54) is 0 Å². The summed E-state index contributed by atoms with van der Waals surface area (Å²) in [5, 5.41) is 0. The Labute approximate surface area is 132 Å². The highest BCUT2D eigenvalue weighted by molar-refractivity contribution is 9.10. The predicted molar refractivity (Wildman–Crippen MR) is 86.0 cm³/mol. The molecular weight excluding hydrogens is 334 g/mol. The quantitative estimate of drug-likeness (QED) is 0.777. The fourth-order valence-electron chi connectivity index (χ4n) is 1.83. The Bertz CT molecular complexity index is 572. The Morgan fingerprint density at radius 3 is 2.29 bits per heavy atom. The van der Waals surface area contributed by atoms with Gasteiger partial charge in [0.15, 0.2) is 0 Å². The van der Waals surface area contributed by atoms with Crippen LogP contribution in [0.1, 0.15) is 5.56 Å². The Hall–Kier alpha value is -1.72. The molecule has 0 heterocycles. The van der Waals surface area contributed by atoms with Crippen LogP contribution in [0.4, 0.5) is 0 Å². The molecule has 0 spiro atoms. The van der Waals surface area contributed by atoms with Gasteiger partial charge in [-0.25, -0.2) is 0 Å². The lowest BCUT2D eigenvalue weighted by molar-refractivity contribution is 0.215. The summed E-state index contributed by atoms with van der Waals surface area (Å²) in [6, 6.07) is 13.3. The van der Waals surface area contributed by atoms with Gasteiger partial charge >= 0.3 is 0 Å². The normalized spacial score (nSPS) is 10.2. The van der Waals surface area contributed by atoms with E-state index in [0.29, 0.717) is 19.8 Å². The van der Waals surface area contributed by atoms with Crippen molar-refractivity contribution in [1.29, 1.82) is 0 Å². The van der Waals surface area contributed by atoms with Gasteiger partial charge in [-0.3, -0.25) is 0 Å². The molecular formula is C16H18BrNO3. The zero-order valence-electron chi connectivity index (χ0n) is 11.8. The second-order valence-corrected chi connectivity index (χ2v) is 5.24. The Morgan fingerprint density at radius 2 is 1.62 bits per heavy atom. The minimum Gasteiger partial charge on any atom is -0.497 e. The minimum atomic E-state index is 0.403. The molecule has 0 radical (unpaired) electrons. The van der Waals surface area contributed by atoms with Crippen molar-refractivity contribution in [2.24, 2.45) is 5.73 Å². The van der Waals surface area contributed by atoms with Gasteiger partial charge in [-0.2, -0.15) is 0 Å². The summed E-state index contributed by atoms with van der Waals surface area (Å²) in [7, 11) is 1.63. The van der Waals surface area contributed by atoms with Crippen LogP contribution in [-0.4, -0.2) is 20.3 Å². The van der Waals surface area contributed by atoms with Crippen molar-refractivity contribution in [1.82, 2.24) is 0 Å². The van der Waals surface area contributed by atoms with E-state index in [0.717, 1.165) is 27.3 Å². The number of hydrogen-bond donors (Lipinski definition) is 1. The molecule has 2 aromatic carbocycles. The van der Waals surface area contributed by atoms with Crippen LogP contribution in [0.15, 0.2) is 46.9 Å². The Morgan fingerprint density at radius 1 is 0.952 bits per heavy atom. The number of nitrogens with two attached hydrogens (primary N) is 1. The molecule has 0 amide bonds. The molecule has 2 rings (SSSR count). The topological polar surface area (TPSA) is 53.7 Å². The van der Waals surface area contributed by atoms with E-state index in [2.05, 4.69) is 15.9 Å². The largest absolute Gasteiger partial charge is 0.497 e. The third-order valence-electron chi connectivity index (χ3n) is 2.91. The number of methoxy groups -OCH3 is 1. The van der Waals surface area contributed by atoms with Gasteiger partial charge in [-0.15, -0.1) is 0 Å². The van der Waals surface area contributed by atoms with E-state index in [1.807, 2.05) is 42.5 Å². The highest BCUT2D eigenvalue weighted by Crippen LogP contribution is 2.23. The maximum atomic E-state index is 5.71. The van der Waals surface area contributed by atoms with Crippen LogP contribution in [0.5, 0.6) is 17.2 Å². The van der Waals surface area contributed by atoms with Crippen LogP contribution in [0, 0.1) is 0 Å². The molecule has 0 bridgehead atoms. The van der Waals surface area contributed by atoms with Crippen molar-refractivity contribution in [3.05, 3.63) is 52.5 Å². The first-order valence-electron chi connectivity index (χ1n) is 6.61. The van der Waals surface area contributed by atoms with Gasteiger partial charge in [0.2, 0.25) is 0 Å². The first-order chi connectivity index (χ1) is 10.2. The number of hydrogen-bond acceptors (Lipinski definition) is 4. The van der Waals surface area contributed by atoms with Crippen molar-refractivity contribution in [3.63, 3.8) is 0 Å². The minimum absolute atomic E-state index is 0.403. The van der Waals surface area contributed by atoms with E-state index in [9.17, 15) is 0 Å². The predicted octanol–water partition coefficient (Wildman–Crippen LogP) is 3.37. The van der Waals surface area contributed by atoms with E-state index in [1.54, 1.807) is 7.11 Å². The molecule has 0 saturated heterocycles. The van der Waals surface area contributed by atoms with E-state index < -0.39 is 0 Å². The molecule has 0 aromatic heterocycles. The molecule has 0 saturated carbocycles.